The second-order valence-electron chi connectivity index (χ2n) is 9.66. The molecule has 2 nitrogen and oxygen atoms in total. The van der Waals surface area contributed by atoms with E-state index in [9.17, 15) is 4.79 Å². The van der Waals surface area contributed by atoms with Gasteiger partial charge >= 0.3 is 0 Å². The molecule has 0 saturated heterocycles. The van der Waals surface area contributed by atoms with Crippen LogP contribution in [0.1, 0.15) is 0 Å². The van der Waals surface area contributed by atoms with Gasteiger partial charge in [0.25, 0.3) is 0 Å². The van der Waals surface area contributed by atoms with Gasteiger partial charge in [0.15, 0.2) is 0 Å². The Morgan fingerprint density at radius 2 is 0.923 bits per heavy atom. The molecule has 0 aliphatic carbocycles. The Balaban J connectivity index is 1.64. The molecule has 0 saturated carbocycles. The first-order chi connectivity index (χ1) is 19.3. The van der Waals surface area contributed by atoms with E-state index in [2.05, 4.69) is 48.5 Å². The van der Waals surface area contributed by atoms with Gasteiger partial charge in [-0.3, -0.25) is 4.79 Å². The van der Waals surface area contributed by atoms with Gasteiger partial charge in [-0.15, -0.1) is 0 Å². The van der Waals surface area contributed by atoms with E-state index in [0.29, 0.717) is 21.9 Å². The summed E-state index contributed by atoms with van der Waals surface area (Å²) in [5, 5.41) is 1.15. The van der Waals surface area contributed by atoms with E-state index >= 15 is 0 Å². The van der Waals surface area contributed by atoms with Crippen molar-refractivity contribution < 1.29 is 4.42 Å². The molecule has 0 spiro atoms. The summed E-state index contributed by atoms with van der Waals surface area (Å²) in [6, 6.07) is 48.8. The van der Waals surface area contributed by atoms with Crippen LogP contribution in [0.5, 0.6) is 0 Å². The Kier molecular flexibility index (Phi) is 5.64. The highest BCUT2D eigenvalue weighted by atomic mass is 16.3. The smallest absolute Gasteiger partial charge is 0.200 e. The van der Waals surface area contributed by atoms with E-state index in [0.717, 1.165) is 44.5 Å². The number of benzene rings is 6. The lowest BCUT2D eigenvalue weighted by molar-refractivity contribution is 0.661. The van der Waals surface area contributed by atoms with Crippen molar-refractivity contribution in [3.8, 4) is 44.5 Å². The molecule has 0 N–H and O–H groups in total. The van der Waals surface area contributed by atoms with Crippen LogP contribution in [0, 0.1) is 0 Å². The van der Waals surface area contributed by atoms with Gasteiger partial charge in [0.2, 0.25) is 5.43 Å². The first-order valence-corrected chi connectivity index (χ1v) is 13.1. The Labute approximate surface area is 226 Å². The monoisotopic (exact) mass is 500 g/mol. The van der Waals surface area contributed by atoms with Crippen LogP contribution in [0.2, 0.25) is 0 Å². The van der Waals surface area contributed by atoms with Gasteiger partial charge < -0.3 is 4.42 Å². The average molecular weight is 501 g/mol. The van der Waals surface area contributed by atoms with Crippen molar-refractivity contribution >= 4 is 21.9 Å². The van der Waals surface area contributed by atoms with Gasteiger partial charge in [0, 0.05) is 11.1 Å². The zero-order chi connectivity index (χ0) is 26.2. The fourth-order valence-electron chi connectivity index (χ4n) is 5.43. The molecule has 0 radical (unpaired) electrons. The molecule has 1 heterocycles. The molecule has 0 bridgehead atoms. The minimum Gasteiger partial charge on any atom is -0.455 e. The van der Waals surface area contributed by atoms with Crippen molar-refractivity contribution in [2.45, 2.75) is 0 Å². The molecule has 39 heavy (non-hydrogen) atoms. The van der Waals surface area contributed by atoms with Crippen LogP contribution >= 0.6 is 0 Å². The summed E-state index contributed by atoms with van der Waals surface area (Å²) in [4.78, 5) is 14.2. The highest BCUT2D eigenvalue weighted by molar-refractivity contribution is 6.09. The second-order valence-corrected chi connectivity index (χ2v) is 9.66. The second kappa shape index (κ2) is 9.59. The number of hydrogen-bond acceptors (Lipinski definition) is 2. The maximum absolute atomic E-state index is 14.2. The third-order valence-electron chi connectivity index (χ3n) is 7.28. The van der Waals surface area contributed by atoms with Crippen molar-refractivity contribution in [3.05, 3.63) is 156 Å². The van der Waals surface area contributed by atoms with E-state index in [1.165, 1.54) is 0 Å². The Bertz CT molecular complexity index is 1990. The highest BCUT2D eigenvalue weighted by Crippen LogP contribution is 2.44. The van der Waals surface area contributed by atoms with E-state index in [4.69, 9.17) is 4.42 Å². The SMILES string of the molecule is O=c1c2cc(-c3ccccc3)ccc2oc2c(-c3ccccc3)c(-c3ccccc3)c(-c3ccccc3)cc12. The van der Waals surface area contributed by atoms with E-state index in [1.807, 2.05) is 97.1 Å². The minimum absolute atomic E-state index is 0.0296. The zero-order valence-corrected chi connectivity index (χ0v) is 21.2. The van der Waals surface area contributed by atoms with Gasteiger partial charge in [-0.05, 0) is 51.6 Å². The molecule has 0 amide bonds. The fraction of sp³-hybridized carbons (Fsp3) is 0. The van der Waals surface area contributed by atoms with E-state index in [-0.39, 0.29) is 5.43 Å². The van der Waals surface area contributed by atoms with Crippen LogP contribution in [0.25, 0.3) is 66.4 Å². The van der Waals surface area contributed by atoms with Crippen LogP contribution in [0.4, 0.5) is 0 Å². The van der Waals surface area contributed by atoms with Crippen molar-refractivity contribution in [1.29, 1.82) is 0 Å². The quantitative estimate of drug-likeness (QED) is 0.225. The van der Waals surface area contributed by atoms with Gasteiger partial charge in [0.1, 0.15) is 11.2 Å². The molecule has 0 aliphatic rings. The predicted octanol–water partition coefficient (Wildman–Crippen LogP) is 9.61. The molecule has 6 aromatic carbocycles. The topological polar surface area (TPSA) is 30.2 Å². The molecule has 2 heteroatoms. The number of fused-ring (bicyclic) bond motifs is 2. The van der Waals surface area contributed by atoms with Crippen molar-refractivity contribution in [2.75, 3.05) is 0 Å². The maximum Gasteiger partial charge on any atom is 0.200 e. The molecular formula is C37H24O2. The molecule has 0 unspecified atom stereocenters. The van der Waals surface area contributed by atoms with Crippen LogP contribution < -0.4 is 5.43 Å². The summed E-state index contributed by atoms with van der Waals surface area (Å²) in [6.45, 7) is 0. The molecule has 0 fully saturated rings. The van der Waals surface area contributed by atoms with Gasteiger partial charge in [-0.25, -0.2) is 0 Å². The molecule has 1 aromatic heterocycles. The number of rotatable bonds is 4. The van der Waals surface area contributed by atoms with Crippen LogP contribution in [0.3, 0.4) is 0 Å². The summed E-state index contributed by atoms with van der Waals surface area (Å²) in [5.74, 6) is 0. The molecular weight excluding hydrogens is 476 g/mol. The van der Waals surface area contributed by atoms with Gasteiger partial charge in [-0.2, -0.15) is 0 Å². The van der Waals surface area contributed by atoms with Gasteiger partial charge in [-0.1, -0.05) is 127 Å². The molecule has 184 valence electrons. The lowest BCUT2D eigenvalue weighted by atomic mass is 9.85. The molecule has 0 atom stereocenters. The largest absolute Gasteiger partial charge is 0.455 e. The van der Waals surface area contributed by atoms with Gasteiger partial charge in [0.05, 0.1) is 10.8 Å². The summed E-state index contributed by atoms with van der Waals surface area (Å²) < 4.78 is 6.66. The summed E-state index contributed by atoms with van der Waals surface area (Å²) in [5.41, 5.74) is 9.29. The molecule has 7 aromatic rings. The van der Waals surface area contributed by atoms with Crippen LogP contribution in [-0.2, 0) is 0 Å². The first kappa shape index (κ1) is 22.9. The Morgan fingerprint density at radius 3 is 1.51 bits per heavy atom. The summed E-state index contributed by atoms with van der Waals surface area (Å²) in [6.07, 6.45) is 0. The summed E-state index contributed by atoms with van der Waals surface area (Å²) >= 11 is 0. The summed E-state index contributed by atoms with van der Waals surface area (Å²) in [7, 11) is 0. The van der Waals surface area contributed by atoms with Crippen molar-refractivity contribution in [3.63, 3.8) is 0 Å². The third kappa shape index (κ3) is 4.03. The first-order valence-electron chi connectivity index (χ1n) is 13.1. The minimum atomic E-state index is -0.0296. The van der Waals surface area contributed by atoms with Crippen LogP contribution in [0.15, 0.2) is 155 Å². The van der Waals surface area contributed by atoms with Crippen molar-refractivity contribution in [1.82, 2.24) is 0 Å². The molecule has 0 aliphatic heterocycles. The normalized spacial score (nSPS) is 11.2. The zero-order valence-electron chi connectivity index (χ0n) is 21.2. The van der Waals surface area contributed by atoms with E-state index < -0.39 is 0 Å². The Hall–Kier alpha value is -5.21. The van der Waals surface area contributed by atoms with E-state index in [1.54, 1.807) is 0 Å². The lowest BCUT2D eigenvalue weighted by Gasteiger charge is -2.19. The fourth-order valence-corrected chi connectivity index (χ4v) is 5.43. The van der Waals surface area contributed by atoms with Crippen molar-refractivity contribution in [2.24, 2.45) is 0 Å². The Morgan fingerprint density at radius 1 is 0.410 bits per heavy atom. The predicted molar refractivity (Wildman–Crippen MR) is 162 cm³/mol. The maximum atomic E-state index is 14.2. The molecule has 7 rings (SSSR count). The highest BCUT2D eigenvalue weighted by Gasteiger charge is 2.22. The third-order valence-corrected chi connectivity index (χ3v) is 7.28. The standard InChI is InChI=1S/C37H24O2/c38-36-31-23-29(25-13-5-1-6-14-25)21-22-33(31)39-37-32(36)24-30(26-15-7-2-8-16-26)34(27-17-9-3-10-18-27)35(37)28-19-11-4-12-20-28/h1-24H. The average Bonchev–Trinajstić information content (AvgIpc) is 3.02. The lowest BCUT2D eigenvalue weighted by Crippen LogP contribution is -2.05. The number of hydrogen-bond donors (Lipinski definition) is 0. The van der Waals surface area contributed by atoms with Crippen LogP contribution in [-0.4, -0.2) is 0 Å².